The van der Waals surface area contributed by atoms with E-state index in [0.29, 0.717) is 0 Å². The molecule has 0 amide bonds. The lowest BCUT2D eigenvalue weighted by Crippen LogP contribution is -2.23. The predicted octanol–water partition coefficient (Wildman–Crippen LogP) is 3.12. The Kier molecular flexibility index (Phi) is 4.69. The van der Waals surface area contributed by atoms with Gasteiger partial charge in [-0.15, -0.1) is 0 Å². The summed E-state index contributed by atoms with van der Waals surface area (Å²) in [5.74, 6) is 0. The zero-order chi connectivity index (χ0) is 9.73. The van der Waals surface area contributed by atoms with Crippen molar-refractivity contribution in [1.29, 1.82) is 0 Å². The molecule has 1 rings (SSSR count). The van der Waals surface area contributed by atoms with Gasteiger partial charge in [0.25, 0.3) is 0 Å². The molecule has 0 unspecified atom stereocenters. The van der Waals surface area contributed by atoms with Crippen molar-refractivity contribution in [2.75, 3.05) is 38.9 Å². The Balaban J connectivity index is 2.41. The van der Waals surface area contributed by atoms with Crippen LogP contribution in [-0.2, 0) is 0 Å². The molecule has 0 bridgehead atoms. The van der Waals surface area contributed by atoms with Crippen molar-refractivity contribution in [2.24, 2.45) is 0 Å². The lowest BCUT2D eigenvalue weighted by molar-refractivity contribution is 0.410. The van der Waals surface area contributed by atoms with Gasteiger partial charge in [0, 0.05) is 7.26 Å². The minimum atomic E-state index is -0.554. The Labute approximate surface area is 84.2 Å². The molecule has 0 aromatic carbocycles. The van der Waals surface area contributed by atoms with E-state index in [-0.39, 0.29) is 0 Å². The number of rotatable bonds is 3. The predicted molar refractivity (Wildman–Crippen MR) is 64.2 cm³/mol. The lowest BCUT2D eigenvalue weighted by atomic mass is 10.2. The SMILES string of the molecule is CCN(C)C[P+]1(C)CCCCCC1. The summed E-state index contributed by atoms with van der Waals surface area (Å²) in [6.07, 6.45) is 10.5. The maximum absolute atomic E-state index is 2.59. The third-order valence-electron chi connectivity index (χ3n) is 3.27. The molecule has 1 saturated heterocycles. The fraction of sp³-hybridized carbons (Fsp3) is 1.00. The van der Waals surface area contributed by atoms with Crippen LogP contribution < -0.4 is 0 Å². The summed E-state index contributed by atoms with van der Waals surface area (Å²) >= 11 is 0. The summed E-state index contributed by atoms with van der Waals surface area (Å²) in [6, 6.07) is 0. The standard InChI is InChI=1S/C11H25NP/c1-4-12(2)11-13(3)9-7-5-6-8-10-13/h4-11H2,1-3H3/q+1. The van der Waals surface area contributed by atoms with Crippen LogP contribution in [0.3, 0.4) is 0 Å². The average Bonchev–Trinajstić information content (AvgIpc) is 2.30. The van der Waals surface area contributed by atoms with Gasteiger partial charge in [0.1, 0.15) is 6.29 Å². The summed E-state index contributed by atoms with van der Waals surface area (Å²) in [5, 5.41) is 0. The molecule has 0 N–H and O–H groups in total. The third kappa shape index (κ3) is 3.95. The molecule has 1 aliphatic heterocycles. The highest BCUT2D eigenvalue weighted by molar-refractivity contribution is 7.75. The van der Waals surface area contributed by atoms with Gasteiger partial charge in [-0.25, -0.2) is 0 Å². The first-order valence-electron chi connectivity index (χ1n) is 5.68. The molecule has 0 aliphatic carbocycles. The van der Waals surface area contributed by atoms with Gasteiger partial charge in [-0.3, -0.25) is 4.90 Å². The Morgan fingerprint density at radius 1 is 1.08 bits per heavy atom. The average molecular weight is 202 g/mol. The van der Waals surface area contributed by atoms with Gasteiger partial charge in [0.2, 0.25) is 0 Å². The Hall–Kier alpha value is 0.390. The highest BCUT2D eigenvalue weighted by Gasteiger charge is 2.32. The van der Waals surface area contributed by atoms with Gasteiger partial charge in [-0.05, 0) is 39.3 Å². The topological polar surface area (TPSA) is 3.24 Å². The molecule has 0 spiro atoms. The molecule has 1 aliphatic rings. The van der Waals surface area contributed by atoms with Gasteiger partial charge < -0.3 is 0 Å². The van der Waals surface area contributed by atoms with Crippen LogP contribution in [0.25, 0.3) is 0 Å². The van der Waals surface area contributed by atoms with Crippen LogP contribution in [0.15, 0.2) is 0 Å². The van der Waals surface area contributed by atoms with Crippen LogP contribution >= 0.6 is 7.26 Å². The third-order valence-corrected chi connectivity index (χ3v) is 7.23. The summed E-state index contributed by atoms with van der Waals surface area (Å²) in [7, 11) is 1.72. The van der Waals surface area contributed by atoms with Crippen LogP contribution in [0.5, 0.6) is 0 Å². The monoisotopic (exact) mass is 202 g/mol. The van der Waals surface area contributed by atoms with E-state index in [4.69, 9.17) is 0 Å². The molecule has 0 atom stereocenters. The van der Waals surface area contributed by atoms with E-state index in [0.717, 1.165) is 0 Å². The van der Waals surface area contributed by atoms with Crippen LogP contribution in [0.1, 0.15) is 32.6 Å². The lowest BCUT2D eigenvalue weighted by Gasteiger charge is -2.26. The summed E-state index contributed by atoms with van der Waals surface area (Å²) in [5.41, 5.74) is 0. The number of hydrogen-bond donors (Lipinski definition) is 0. The molecule has 1 fully saturated rings. The molecule has 13 heavy (non-hydrogen) atoms. The van der Waals surface area contributed by atoms with Crippen LogP contribution in [0.4, 0.5) is 0 Å². The van der Waals surface area contributed by atoms with E-state index in [2.05, 4.69) is 25.5 Å². The second-order valence-electron chi connectivity index (χ2n) is 4.79. The van der Waals surface area contributed by atoms with Gasteiger partial charge in [0.05, 0.1) is 19.0 Å². The van der Waals surface area contributed by atoms with Crippen molar-refractivity contribution in [1.82, 2.24) is 4.90 Å². The van der Waals surface area contributed by atoms with E-state index < -0.39 is 7.26 Å². The highest BCUT2D eigenvalue weighted by Crippen LogP contribution is 2.57. The van der Waals surface area contributed by atoms with Gasteiger partial charge in [0.15, 0.2) is 0 Å². The molecule has 2 heteroatoms. The van der Waals surface area contributed by atoms with Crippen LogP contribution in [0.2, 0.25) is 0 Å². The van der Waals surface area contributed by atoms with Crippen molar-refractivity contribution in [3.8, 4) is 0 Å². The van der Waals surface area contributed by atoms with Crippen molar-refractivity contribution >= 4 is 7.26 Å². The summed E-state index contributed by atoms with van der Waals surface area (Å²) < 4.78 is 0. The largest absolute Gasteiger partial charge is 0.275 e. The minimum absolute atomic E-state index is 0.554. The van der Waals surface area contributed by atoms with E-state index >= 15 is 0 Å². The first-order chi connectivity index (χ1) is 6.16. The maximum atomic E-state index is 2.59. The van der Waals surface area contributed by atoms with Crippen molar-refractivity contribution in [2.45, 2.75) is 32.6 Å². The first-order valence-corrected chi connectivity index (χ1v) is 8.47. The molecule has 0 aromatic heterocycles. The van der Waals surface area contributed by atoms with Crippen molar-refractivity contribution < 1.29 is 0 Å². The molecule has 78 valence electrons. The molecule has 0 radical (unpaired) electrons. The second kappa shape index (κ2) is 5.32. The van der Waals surface area contributed by atoms with Gasteiger partial charge >= 0.3 is 0 Å². The summed E-state index contributed by atoms with van der Waals surface area (Å²) in [6.45, 7) is 6.07. The fourth-order valence-electron chi connectivity index (χ4n) is 2.28. The number of hydrogen-bond acceptors (Lipinski definition) is 1. The Bertz CT molecular complexity index is 139. The molecule has 0 saturated carbocycles. The van der Waals surface area contributed by atoms with Gasteiger partial charge in [-0.2, -0.15) is 0 Å². The van der Waals surface area contributed by atoms with E-state index in [1.165, 1.54) is 38.5 Å². The molecular weight excluding hydrogens is 177 g/mol. The summed E-state index contributed by atoms with van der Waals surface area (Å²) in [4.78, 5) is 2.51. The van der Waals surface area contributed by atoms with Crippen molar-refractivity contribution in [3.63, 3.8) is 0 Å². The smallest absolute Gasteiger partial charge is 0.111 e. The Morgan fingerprint density at radius 3 is 2.08 bits per heavy atom. The van der Waals surface area contributed by atoms with E-state index in [1.54, 1.807) is 12.3 Å². The Morgan fingerprint density at radius 2 is 1.62 bits per heavy atom. The molecular formula is C11H25NP+. The van der Waals surface area contributed by atoms with Crippen molar-refractivity contribution in [3.05, 3.63) is 0 Å². The normalized spacial score (nSPS) is 23.1. The zero-order valence-corrected chi connectivity index (χ0v) is 10.4. The maximum Gasteiger partial charge on any atom is 0.111 e. The second-order valence-corrected chi connectivity index (χ2v) is 9.21. The zero-order valence-electron chi connectivity index (χ0n) is 9.55. The van der Waals surface area contributed by atoms with Crippen LogP contribution in [0, 0.1) is 0 Å². The first kappa shape index (κ1) is 11.5. The minimum Gasteiger partial charge on any atom is -0.275 e. The highest BCUT2D eigenvalue weighted by atomic mass is 31.2. The molecule has 0 aromatic rings. The van der Waals surface area contributed by atoms with Crippen LogP contribution in [-0.4, -0.2) is 43.8 Å². The van der Waals surface area contributed by atoms with E-state index in [1.807, 2.05) is 0 Å². The quantitative estimate of drug-likeness (QED) is 0.636. The van der Waals surface area contributed by atoms with E-state index in [9.17, 15) is 0 Å². The molecule has 1 heterocycles. The fourth-order valence-corrected chi connectivity index (χ4v) is 6.12. The molecule has 1 nitrogen and oxygen atoms in total. The van der Waals surface area contributed by atoms with Gasteiger partial charge in [-0.1, -0.05) is 6.92 Å². The number of nitrogens with zero attached hydrogens (tertiary/aromatic N) is 1.